The summed E-state index contributed by atoms with van der Waals surface area (Å²) < 4.78 is 0. The zero-order valence-corrected chi connectivity index (χ0v) is 12.5. The second-order valence-electron chi connectivity index (χ2n) is 5.00. The highest BCUT2D eigenvalue weighted by Crippen LogP contribution is 2.33. The molecule has 0 bridgehead atoms. The van der Waals surface area contributed by atoms with Crippen LogP contribution in [0.1, 0.15) is 35.7 Å². The van der Waals surface area contributed by atoms with E-state index in [9.17, 15) is 9.59 Å². The van der Waals surface area contributed by atoms with E-state index in [1.54, 1.807) is 12.1 Å². The molecule has 0 unspecified atom stereocenters. The van der Waals surface area contributed by atoms with E-state index >= 15 is 0 Å². The lowest BCUT2D eigenvalue weighted by Crippen LogP contribution is -2.38. The average molecular weight is 298 g/mol. The highest BCUT2D eigenvalue weighted by molar-refractivity contribution is 6.02. The summed E-state index contributed by atoms with van der Waals surface area (Å²) >= 11 is 0. The Hall–Kier alpha value is -1.59. The molecular weight excluding hydrogens is 278 g/mol. The van der Waals surface area contributed by atoms with Gasteiger partial charge in [-0.25, -0.2) is 0 Å². The van der Waals surface area contributed by atoms with Crippen LogP contribution in [0.5, 0.6) is 0 Å². The van der Waals surface area contributed by atoms with Crippen LogP contribution in [0.25, 0.3) is 0 Å². The van der Waals surface area contributed by atoms with Crippen LogP contribution in [0.2, 0.25) is 0 Å². The fourth-order valence-corrected chi connectivity index (χ4v) is 1.77. The third-order valence-corrected chi connectivity index (χ3v) is 3.33. The highest BCUT2D eigenvalue weighted by Gasteiger charge is 2.46. The number of aryl methyl sites for hydroxylation is 1. The van der Waals surface area contributed by atoms with Crippen LogP contribution in [-0.4, -0.2) is 23.9 Å². The van der Waals surface area contributed by atoms with Crippen LogP contribution < -0.4 is 16.4 Å². The monoisotopic (exact) mass is 297 g/mol. The Bertz CT molecular complexity index is 527. The number of nitrogens with two attached hydrogens (primary N) is 1. The van der Waals surface area contributed by atoms with Gasteiger partial charge < -0.3 is 16.4 Å². The molecule has 6 heteroatoms. The number of carbonyl (C=O) groups is 2. The molecule has 110 valence electrons. The van der Waals surface area contributed by atoms with Crippen molar-refractivity contribution >= 4 is 29.9 Å². The van der Waals surface area contributed by atoms with E-state index in [1.165, 1.54) is 0 Å². The molecule has 2 rings (SSSR count). The van der Waals surface area contributed by atoms with Crippen LogP contribution in [0, 0.1) is 6.92 Å². The maximum atomic E-state index is 11.9. The fraction of sp³-hybridized carbons (Fsp3) is 0.429. The quantitative estimate of drug-likeness (QED) is 0.789. The van der Waals surface area contributed by atoms with Crippen molar-refractivity contribution in [3.8, 4) is 0 Å². The zero-order valence-electron chi connectivity index (χ0n) is 11.7. The first kappa shape index (κ1) is 16.5. The molecule has 4 N–H and O–H groups in total. The van der Waals surface area contributed by atoms with E-state index in [0.717, 1.165) is 5.56 Å². The summed E-state index contributed by atoms with van der Waals surface area (Å²) in [5.41, 5.74) is 7.21. The molecule has 0 aliphatic heterocycles. The summed E-state index contributed by atoms with van der Waals surface area (Å²) in [4.78, 5) is 23.7. The number of halogens is 1. The van der Waals surface area contributed by atoms with Crippen LogP contribution in [0.3, 0.4) is 0 Å². The number of amides is 2. The van der Waals surface area contributed by atoms with Crippen molar-refractivity contribution in [3.63, 3.8) is 0 Å². The van der Waals surface area contributed by atoms with Gasteiger partial charge in [0.25, 0.3) is 5.91 Å². The Kier molecular flexibility index (Phi) is 5.14. The number of rotatable bonds is 4. The smallest absolute Gasteiger partial charge is 0.251 e. The van der Waals surface area contributed by atoms with Crippen molar-refractivity contribution in [1.82, 2.24) is 5.32 Å². The highest BCUT2D eigenvalue weighted by atomic mass is 35.5. The standard InChI is InChI=1S/C14H19N3O2.ClH/c1-3-16-12(18)10-5-4-9(2)11(8-10)17-13(19)14(15)6-7-14;/h4-5,8H,3,6-7,15H2,1-2H3,(H,16,18)(H,17,19);1H. The fourth-order valence-electron chi connectivity index (χ4n) is 1.77. The molecule has 0 spiro atoms. The molecule has 1 saturated carbocycles. The van der Waals surface area contributed by atoms with Gasteiger partial charge in [0.05, 0.1) is 5.54 Å². The van der Waals surface area contributed by atoms with E-state index < -0.39 is 5.54 Å². The normalized spacial score (nSPS) is 14.9. The third kappa shape index (κ3) is 3.49. The summed E-state index contributed by atoms with van der Waals surface area (Å²) in [5, 5.41) is 5.53. The first-order chi connectivity index (χ1) is 8.96. The summed E-state index contributed by atoms with van der Waals surface area (Å²) in [5.74, 6) is -0.324. The Morgan fingerprint density at radius 1 is 1.35 bits per heavy atom. The third-order valence-electron chi connectivity index (χ3n) is 3.33. The second-order valence-corrected chi connectivity index (χ2v) is 5.00. The van der Waals surface area contributed by atoms with Crippen molar-refractivity contribution in [1.29, 1.82) is 0 Å². The van der Waals surface area contributed by atoms with E-state index in [0.29, 0.717) is 30.6 Å². The Morgan fingerprint density at radius 3 is 2.55 bits per heavy atom. The number of nitrogens with one attached hydrogen (secondary N) is 2. The van der Waals surface area contributed by atoms with Gasteiger partial charge in [-0.05, 0) is 44.4 Å². The van der Waals surface area contributed by atoms with Crippen molar-refractivity contribution < 1.29 is 9.59 Å². The molecule has 1 aliphatic carbocycles. The number of benzene rings is 1. The molecule has 2 amide bonds. The summed E-state index contributed by atoms with van der Waals surface area (Å²) in [6.07, 6.45) is 1.43. The predicted molar refractivity (Wildman–Crippen MR) is 81.2 cm³/mol. The molecular formula is C14H20ClN3O2. The summed E-state index contributed by atoms with van der Waals surface area (Å²) in [7, 11) is 0. The molecule has 5 nitrogen and oxygen atoms in total. The molecule has 0 saturated heterocycles. The van der Waals surface area contributed by atoms with Crippen molar-refractivity contribution in [2.75, 3.05) is 11.9 Å². The Labute approximate surface area is 124 Å². The molecule has 20 heavy (non-hydrogen) atoms. The van der Waals surface area contributed by atoms with Gasteiger partial charge in [-0.15, -0.1) is 12.4 Å². The molecule has 1 aromatic rings. The summed E-state index contributed by atoms with van der Waals surface area (Å²) in [6.45, 7) is 4.31. The number of hydrogen-bond acceptors (Lipinski definition) is 3. The minimum Gasteiger partial charge on any atom is -0.352 e. The number of anilines is 1. The lowest BCUT2D eigenvalue weighted by molar-refractivity contribution is -0.118. The molecule has 0 radical (unpaired) electrons. The second kappa shape index (κ2) is 6.24. The van der Waals surface area contributed by atoms with Gasteiger partial charge in [0.15, 0.2) is 0 Å². The number of hydrogen-bond donors (Lipinski definition) is 3. The van der Waals surface area contributed by atoms with Crippen LogP contribution in [0.15, 0.2) is 18.2 Å². The zero-order chi connectivity index (χ0) is 14.0. The number of carbonyl (C=O) groups excluding carboxylic acids is 2. The molecule has 1 aliphatic rings. The predicted octanol–water partition coefficient (Wildman–Crippen LogP) is 1.60. The van der Waals surface area contributed by atoms with Gasteiger partial charge in [-0.1, -0.05) is 6.07 Å². The molecule has 0 aromatic heterocycles. The topological polar surface area (TPSA) is 84.2 Å². The van der Waals surface area contributed by atoms with Gasteiger partial charge in [0.2, 0.25) is 5.91 Å². The van der Waals surface area contributed by atoms with Crippen molar-refractivity contribution in [2.24, 2.45) is 5.73 Å². The van der Waals surface area contributed by atoms with E-state index in [1.807, 2.05) is 19.9 Å². The van der Waals surface area contributed by atoms with Gasteiger partial charge in [0.1, 0.15) is 0 Å². The van der Waals surface area contributed by atoms with Crippen LogP contribution in [-0.2, 0) is 4.79 Å². The molecule has 1 fully saturated rings. The van der Waals surface area contributed by atoms with Gasteiger partial charge in [-0.2, -0.15) is 0 Å². The van der Waals surface area contributed by atoms with Gasteiger partial charge >= 0.3 is 0 Å². The summed E-state index contributed by atoms with van der Waals surface area (Å²) in [6, 6.07) is 5.24. The molecule has 1 aromatic carbocycles. The van der Waals surface area contributed by atoms with E-state index in [4.69, 9.17) is 5.73 Å². The minimum absolute atomic E-state index is 0. The molecule has 0 heterocycles. The SMILES string of the molecule is CCNC(=O)c1ccc(C)c(NC(=O)C2(N)CC2)c1.Cl. The Balaban J connectivity index is 0.00000200. The van der Waals surface area contributed by atoms with E-state index in [2.05, 4.69) is 10.6 Å². The Morgan fingerprint density at radius 2 is 2.00 bits per heavy atom. The van der Waals surface area contributed by atoms with E-state index in [-0.39, 0.29) is 24.2 Å². The largest absolute Gasteiger partial charge is 0.352 e. The van der Waals surface area contributed by atoms with Gasteiger partial charge in [-0.3, -0.25) is 9.59 Å². The van der Waals surface area contributed by atoms with Crippen LogP contribution >= 0.6 is 12.4 Å². The van der Waals surface area contributed by atoms with Crippen LogP contribution in [0.4, 0.5) is 5.69 Å². The first-order valence-electron chi connectivity index (χ1n) is 6.45. The minimum atomic E-state index is -0.714. The van der Waals surface area contributed by atoms with Gasteiger partial charge in [0, 0.05) is 17.8 Å². The lowest BCUT2D eigenvalue weighted by Gasteiger charge is -2.13. The maximum absolute atomic E-state index is 11.9. The average Bonchev–Trinajstić information content (AvgIpc) is 3.11. The first-order valence-corrected chi connectivity index (χ1v) is 6.45. The van der Waals surface area contributed by atoms with Crippen molar-refractivity contribution in [2.45, 2.75) is 32.2 Å². The lowest BCUT2D eigenvalue weighted by atomic mass is 10.1. The molecule has 0 atom stereocenters. The van der Waals surface area contributed by atoms with Crippen molar-refractivity contribution in [3.05, 3.63) is 29.3 Å². The maximum Gasteiger partial charge on any atom is 0.251 e.